The van der Waals surface area contributed by atoms with Gasteiger partial charge in [0.1, 0.15) is 5.82 Å². The molecule has 3 atom stereocenters. The lowest BCUT2D eigenvalue weighted by atomic mass is 10.0. The number of anilines is 1. The number of aromatic nitrogens is 2. The molecule has 0 aliphatic heterocycles. The number of nitrogens with zero attached hydrogens (tertiary/aromatic N) is 2. The quantitative estimate of drug-likeness (QED) is 0.891. The van der Waals surface area contributed by atoms with E-state index < -0.39 is 0 Å². The van der Waals surface area contributed by atoms with Gasteiger partial charge in [0.25, 0.3) is 0 Å². The fraction of sp³-hybridized carbons (Fsp3) is 0.333. The lowest BCUT2D eigenvalue weighted by Crippen LogP contribution is -2.09. The molecule has 18 heavy (non-hydrogen) atoms. The third-order valence-corrected chi connectivity index (χ3v) is 4.28. The standard InChI is InChI=1S/C15H15N3/c1-2-4-11-10(3-1)7-12-13(15(11)12)8-18-14-9-16-5-6-17-14/h1-6,9,12-13,15H,7-8H2,(H,17,18)/t12-,13+,15+/m1/s1. The summed E-state index contributed by atoms with van der Waals surface area (Å²) in [6.45, 7) is 1.02. The molecule has 90 valence electrons. The van der Waals surface area contributed by atoms with E-state index in [0.29, 0.717) is 0 Å². The van der Waals surface area contributed by atoms with E-state index in [2.05, 4.69) is 39.6 Å². The van der Waals surface area contributed by atoms with Crippen LogP contribution in [0.25, 0.3) is 0 Å². The van der Waals surface area contributed by atoms with Crippen molar-refractivity contribution in [1.29, 1.82) is 0 Å². The number of nitrogens with one attached hydrogen (secondary N) is 1. The average Bonchev–Trinajstić information content (AvgIpc) is 2.97. The molecule has 1 fully saturated rings. The van der Waals surface area contributed by atoms with Crippen LogP contribution in [-0.4, -0.2) is 16.5 Å². The maximum absolute atomic E-state index is 4.24. The largest absolute Gasteiger partial charge is 0.368 e. The minimum atomic E-state index is 0.780. The van der Waals surface area contributed by atoms with Crippen LogP contribution in [0.3, 0.4) is 0 Å². The number of benzene rings is 1. The molecule has 3 nitrogen and oxygen atoms in total. The maximum Gasteiger partial charge on any atom is 0.144 e. The highest BCUT2D eigenvalue weighted by molar-refractivity contribution is 5.44. The van der Waals surface area contributed by atoms with Gasteiger partial charge < -0.3 is 5.32 Å². The summed E-state index contributed by atoms with van der Waals surface area (Å²) in [5.41, 5.74) is 3.14. The van der Waals surface area contributed by atoms with Crippen molar-refractivity contribution < 1.29 is 0 Å². The van der Waals surface area contributed by atoms with E-state index >= 15 is 0 Å². The first-order valence-corrected chi connectivity index (χ1v) is 6.51. The van der Waals surface area contributed by atoms with E-state index in [0.717, 1.165) is 30.1 Å². The predicted molar refractivity (Wildman–Crippen MR) is 70.4 cm³/mol. The van der Waals surface area contributed by atoms with E-state index in [4.69, 9.17) is 0 Å². The topological polar surface area (TPSA) is 37.8 Å². The smallest absolute Gasteiger partial charge is 0.144 e. The van der Waals surface area contributed by atoms with Gasteiger partial charge in [-0.25, -0.2) is 4.98 Å². The Morgan fingerprint density at radius 1 is 1.22 bits per heavy atom. The van der Waals surface area contributed by atoms with Crippen LogP contribution < -0.4 is 5.32 Å². The molecule has 2 aliphatic rings. The molecule has 1 heterocycles. The van der Waals surface area contributed by atoms with Gasteiger partial charge in [0.05, 0.1) is 6.20 Å². The zero-order chi connectivity index (χ0) is 11.9. The molecule has 0 unspecified atom stereocenters. The van der Waals surface area contributed by atoms with Gasteiger partial charge in [-0.2, -0.15) is 0 Å². The molecule has 1 saturated carbocycles. The Morgan fingerprint density at radius 2 is 2.17 bits per heavy atom. The summed E-state index contributed by atoms with van der Waals surface area (Å²) in [6.07, 6.45) is 6.47. The van der Waals surface area contributed by atoms with E-state index in [1.807, 2.05) is 0 Å². The number of rotatable bonds is 3. The SMILES string of the molecule is c1ccc2c(c1)C[C@@H]1[C@H](CNc3cnccn3)[C@@H]21. The fourth-order valence-electron chi connectivity index (χ4n) is 3.37. The van der Waals surface area contributed by atoms with E-state index in [-0.39, 0.29) is 0 Å². The van der Waals surface area contributed by atoms with Crippen molar-refractivity contribution >= 4 is 5.82 Å². The first-order chi connectivity index (χ1) is 8.93. The van der Waals surface area contributed by atoms with Crippen molar-refractivity contribution in [1.82, 2.24) is 9.97 Å². The molecule has 4 rings (SSSR count). The van der Waals surface area contributed by atoms with E-state index in [1.54, 1.807) is 29.7 Å². The second-order valence-corrected chi connectivity index (χ2v) is 5.23. The van der Waals surface area contributed by atoms with Crippen molar-refractivity contribution in [2.45, 2.75) is 12.3 Å². The van der Waals surface area contributed by atoms with E-state index in [9.17, 15) is 0 Å². The van der Waals surface area contributed by atoms with Crippen LogP contribution in [0, 0.1) is 11.8 Å². The molecule has 1 aromatic carbocycles. The van der Waals surface area contributed by atoms with Crippen LogP contribution in [0.1, 0.15) is 17.0 Å². The Bertz CT molecular complexity index is 567. The molecule has 0 spiro atoms. The van der Waals surface area contributed by atoms with Crippen molar-refractivity contribution in [3.05, 3.63) is 54.0 Å². The monoisotopic (exact) mass is 237 g/mol. The average molecular weight is 237 g/mol. The second-order valence-electron chi connectivity index (χ2n) is 5.23. The highest BCUT2D eigenvalue weighted by Crippen LogP contribution is 2.61. The van der Waals surface area contributed by atoms with Crippen molar-refractivity contribution in [3.63, 3.8) is 0 Å². The van der Waals surface area contributed by atoms with Crippen molar-refractivity contribution in [3.8, 4) is 0 Å². The Hall–Kier alpha value is -1.90. The van der Waals surface area contributed by atoms with Crippen LogP contribution in [-0.2, 0) is 6.42 Å². The normalized spacial score (nSPS) is 27.4. The third kappa shape index (κ3) is 1.50. The van der Waals surface area contributed by atoms with Gasteiger partial charge >= 0.3 is 0 Å². The highest BCUT2D eigenvalue weighted by atomic mass is 15.0. The Morgan fingerprint density at radius 3 is 3.06 bits per heavy atom. The van der Waals surface area contributed by atoms with Gasteiger partial charge in [0.2, 0.25) is 0 Å². The van der Waals surface area contributed by atoms with Crippen LogP contribution in [0.5, 0.6) is 0 Å². The summed E-state index contributed by atoms with van der Waals surface area (Å²) in [7, 11) is 0. The van der Waals surface area contributed by atoms with E-state index in [1.165, 1.54) is 6.42 Å². The fourth-order valence-corrected chi connectivity index (χ4v) is 3.37. The molecule has 3 heteroatoms. The summed E-state index contributed by atoms with van der Waals surface area (Å²) in [5.74, 6) is 3.30. The Labute approximate surface area is 106 Å². The molecule has 0 amide bonds. The molecule has 1 N–H and O–H groups in total. The summed E-state index contributed by atoms with van der Waals surface area (Å²) in [4.78, 5) is 8.31. The molecule has 0 radical (unpaired) electrons. The zero-order valence-corrected chi connectivity index (χ0v) is 10.1. The first kappa shape index (κ1) is 10.1. The van der Waals surface area contributed by atoms with Gasteiger partial charge in [-0.15, -0.1) is 0 Å². The number of hydrogen-bond acceptors (Lipinski definition) is 3. The van der Waals surface area contributed by atoms with Gasteiger partial charge in [0, 0.05) is 18.9 Å². The number of hydrogen-bond donors (Lipinski definition) is 1. The van der Waals surface area contributed by atoms with Crippen LogP contribution in [0.15, 0.2) is 42.9 Å². The van der Waals surface area contributed by atoms with Gasteiger partial charge in [-0.3, -0.25) is 4.98 Å². The zero-order valence-electron chi connectivity index (χ0n) is 10.1. The van der Waals surface area contributed by atoms with Gasteiger partial charge in [-0.1, -0.05) is 24.3 Å². The van der Waals surface area contributed by atoms with Gasteiger partial charge in [-0.05, 0) is 35.3 Å². The third-order valence-electron chi connectivity index (χ3n) is 4.28. The molecular formula is C15H15N3. The molecule has 2 aliphatic carbocycles. The van der Waals surface area contributed by atoms with Crippen molar-refractivity contribution in [2.75, 3.05) is 11.9 Å². The molecular weight excluding hydrogens is 222 g/mol. The molecule has 0 saturated heterocycles. The maximum atomic E-state index is 4.24. The lowest BCUT2D eigenvalue weighted by molar-refractivity contribution is 0.718. The van der Waals surface area contributed by atoms with Crippen LogP contribution in [0.4, 0.5) is 5.82 Å². The minimum Gasteiger partial charge on any atom is -0.368 e. The summed E-state index contributed by atoms with van der Waals surface area (Å²) in [6, 6.07) is 8.88. The summed E-state index contributed by atoms with van der Waals surface area (Å²) in [5, 5.41) is 3.39. The lowest BCUT2D eigenvalue weighted by Gasteiger charge is -2.08. The van der Waals surface area contributed by atoms with Crippen LogP contribution in [0.2, 0.25) is 0 Å². The predicted octanol–water partition coefficient (Wildman–Crippen LogP) is 2.47. The van der Waals surface area contributed by atoms with Crippen molar-refractivity contribution in [2.24, 2.45) is 11.8 Å². The number of fused-ring (bicyclic) bond motifs is 3. The Kier molecular flexibility index (Phi) is 2.13. The first-order valence-electron chi connectivity index (χ1n) is 6.51. The second kappa shape index (κ2) is 3.80. The summed E-state index contributed by atoms with van der Waals surface area (Å²) >= 11 is 0. The minimum absolute atomic E-state index is 0.780. The van der Waals surface area contributed by atoms with Crippen LogP contribution >= 0.6 is 0 Å². The van der Waals surface area contributed by atoms with Gasteiger partial charge in [0.15, 0.2) is 0 Å². The Balaban J connectivity index is 1.43. The molecule has 0 bridgehead atoms. The highest BCUT2D eigenvalue weighted by Gasteiger charge is 2.54. The molecule has 1 aromatic heterocycles. The summed E-state index contributed by atoms with van der Waals surface area (Å²) < 4.78 is 0. The molecule has 2 aromatic rings.